The monoisotopic (exact) mass is 581 g/mol. The Labute approximate surface area is 251 Å². The fourth-order valence-electron chi connectivity index (χ4n) is 8.14. The molecule has 3 aliphatic carbocycles. The summed E-state index contributed by atoms with van der Waals surface area (Å²) in [6.45, 7) is 2.74. The highest BCUT2D eigenvalue weighted by molar-refractivity contribution is 5.87. The molecule has 7 rings (SSSR count). The minimum absolute atomic E-state index is 0.130. The Kier molecular flexibility index (Phi) is 7.36. The van der Waals surface area contributed by atoms with Crippen LogP contribution in [0.15, 0.2) is 66.9 Å². The quantitative estimate of drug-likeness (QED) is 0.214. The maximum Gasteiger partial charge on any atom is 0.151 e. The van der Waals surface area contributed by atoms with Gasteiger partial charge in [-0.15, -0.1) is 5.10 Å². The number of hydrogen-bond donors (Lipinski definition) is 0. The van der Waals surface area contributed by atoms with E-state index in [1.807, 2.05) is 18.2 Å². The Morgan fingerprint density at radius 2 is 1.86 bits per heavy atom. The van der Waals surface area contributed by atoms with Gasteiger partial charge < -0.3 is 4.74 Å². The zero-order valence-electron chi connectivity index (χ0n) is 24.6. The molecule has 222 valence electrons. The van der Waals surface area contributed by atoms with Crippen LogP contribution in [0.25, 0.3) is 5.69 Å². The highest BCUT2D eigenvalue weighted by atomic mass is 19.1. The van der Waals surface area contributed by atoms with Crippen LogP contribution in [0, 0.1) is 28.9 Å². The van der Waals surface area contributed by atoms with Gasteiger partial charge in [0, 0.05) is 17.9 Å². The van der Waals surface area contributed by atoms with E-state index in [1.165, 1.54) is 33.5 Å². The van der Waals surface area contributed by atoms with Crippen LogP contribution in [-0.2, 0) is 30.7 Å². The summed E-state index contributed by atoms with van der Waals surface area (Å²) in [6.07, 6.45) is 10.0. The first kappa shape index (κ1) is 27.9. The number of aryl methyl sites for hydroxylation is 3. The average molecular weight is 582 g/mol. The van der Waals surface area contributed by atoms with Crippen LogP contribution >= 0.6 is 0 Å². The normalized spacial score (nSPS) is 24.3. The van der Waals surface area contributed by atoms with Crippen molar-refractivity contribution in [3.63, 3.8) is 0 Å². The van der Waals surface area contributed by atoms with Crippen LogP contribution in [0.2, 0.25) is 0 Å². The highest BCUT2D eigenvalue weighted by Crippen LogP contribution is 2.59. The smallest absolute Gasteiger partial charge is 0.151 e. The lowest BCUT2D eigenvalue weighted by molar-refractivity contribution is -0.129. The van der Waals surface area contributed by atoms with E-state index in [9.17, 15) is 13.6 Å². The number of halogens is 2. The number of Topliss-reactive ketones (excluding diaryl/α,β-unsaturated/α-hetero) is 1. The molecular formula is C36H37F2N3O2. The van der Waals surface area contributed by atoms with Gasteiger partial charge in [0.05, 0.1) is 11.9 Å². The van der Waals surface area contributed by atoms with Crippen molar-refractivity contribution >= 4 is 5.78 Å². The van der Waals surface area contributed by atoms with Crippen LogP contribution in [-0.4, -0.2) is 20.8 Å². The zero-order chi connectivity index (χ0) is 29.6. The summed E-state index contributed by atoms with van der Waals surface area (Å²) in [4.78, 5) is 12.8. The summed E-state index contributed by atoms with van der Waals surface area (Å²) in [5.41, 5.74) is 5.98. The summed E-state index contributed by atoms with van der Waals surface area (Å²) < 4.78 is 35.5. The molecule has 5 nitrogen and oxygen atoms in total. The summed E-state index contributed by atoms with van der Waals surface area (Å²) in [7, 11) is 0. The summed E-state index contributed by atoms with van der Waals surface area (Å²) in [5.74, 6) is 1.69. The topological polar surface area (TPSA) is 57.0 Å². The lowest BCUT2D eigenvalue weighted by atomic mass is 9.55. The lowest BCUT2D eigenvalue weighted by Crippen LogP contribution is -2.42. The second kappa shape index (κ2) is 11.3. The molecule has 0 spiro atoms. The third kappa shape index (κ3) is 5.28. The van der Waals surface area contributed by atoms with E-state index in [-0.39, 0.29) is 11.1 Å². The largest absolute Gasteiger partial charge is 0.489 e. The van der Waals surface area contributed by atoms with Crippen molar-refractivity contribution < 1.29 is 18.3 Å². The molecule has 0 radical (unpaired) electrons. The second-order valence-electron chi connectivity index (χ2n) is 12.9. The number of carbonyl (C=O) groups excluding carboxylic acids is 1. The number of hydrogen-bond acceptors (Lipinski definition) is 4. The molecule has 4 atom stereocenters. The van der Waals surface area contributed by atoms with E-state index in [1.54, 1.807) is 6.20 Å². The van der Waals surface area contributed by atoms with Crippen LogP contribution in [0.3, 0.4) is 0 Å². The van der Waals surface area contributed by atoms with E-state index >= 15 is 0 Å². The summed E-state index contributed by atoms with van der Waals surface area (Å²) in [5, 5.41) is 8.33. The molecule has 2 fully saturated rings. The van der Waals surface area contributed by atoms with E-state index in [0.717, 1.165) is 74.4 Å². The zero-order valence-corrected chi connectivity index (χ0v) is 24.6. The van der Waals surface area contributed by atoms with Gasteiger partial charge in [-0.3, -0.25) is 4.79 Å². The van der Waals surface area contributed by atoms with Crippen LogP contribution in [0.5, 0.6) is 5.75 Å². The van der Waals surface area contributed by atoms with Crippen molar-refractivity contribution in [1.29, 1.82) is 0 Å². The molecule has 2 saturated carbocycles. The number of ketones is 1. The van der Waals surface area contributed by atoms with E-state index in [2.05, 4.69) is 41.5 Å². The molecule has 3 aliphatic rings. The first-order chi connectivity index (χ1) is 20.9. The maximum absolute atomic E-state index is 14.3. The Bertz CT molecular complexity index is 1650. The Balaban J connectivity index is 1.12. The van der Waals surface area contributed by atoms with Crippen molar-refractivity contribution in [3.05, 3.63) is 106 Å². The van der Waals surface area contributed by atoms with Crippen molar-refractivity contribution in [2.24, 2.45) is 17.3 Å². The standard InChI is InChI=1S/C36H37F2N3O2/c1-36-17-16-28-29(31(36)13-15-35(36)42)12-10-24-19-34(43-22-23-6-3-2-4-7-23)25(18-30(24)28)8-5-9-27-21-41(40-39-27)33-14-11-26(37)20-32(33)38/h2-4,6-7,11,14,18-21,28-29,31H,5,8-10,12-13,15-17,22H2,1H3/t28-,29+,31-,36-/m0/s1. The third-order valence-corrected chi connectivity index (χ3v) is 10.4. The van der Waals surface area contributed by atoms with Gasteiger partial charge in [-0.25, -0.2) is 13.5 Å². The lowest BCUT2D eigenvalue weighted by Gasteiger charge is -2.48. The molecular weight excluding hydrogens is 544 g/mol. The number of nitrogens with zero attached hydrogens (tertiary/aromatic N) is 3. The molecule has 1 aromatic heterocycles. The van der Waals surface area contributed by atoms with Crippen molar-refractivity contribution in [2.75, 3.05) is 0 Å². The van der Waals surface area contributed by atoms with Gasteiger partial charge in [-0.2, -0.15) is 0 Å². The number of benzene rings is 3. The number of fused-ring (bicyclic) bond motifs is 5. The Morgan fingerprint density at radius 3 is 2.70 bits per heavy atom. The molecule has 7 heteroatoms. The first-order valence-corrected chi connectivity index (χ1v) is 15.6. The van der Waals surface area contributed by atoms with Crippen molar-refractivity contribution in [2.45, 2.75) is 77.2 Å². The van der Waals surface area contributed by atoms with Gasteiger partial charge in [0.1, 0.15) is 29.6 Å². The fourth-order valence-corrected chi connectivity index (χ4v) is 8.14. The molecule has 0 amide bonds. The molecule has 3 aromatic carbocycles. The minimum Gasteiger partial charge on any atom is -0.489 e. The van der Waals surface area contributed by atoms with Gasteiger partial charge in [-0.1, -0.05) is 48.5 Å². The van der Waals surface area contributed by atoms with Gasteiger partial charge in [0.15, 0.2) is 5.82 Å². The van der Waals surface area contributed by atoms with E-state index in [0.29, 0.717) is 36.6 Å². The second-order valence-corrected chi connectivity index (χ2v) is 12.9. The molecule has 0 N–H and O–H groups in total. The summed E-state index contributed by atoms with van der Waals surface area (Å²) in [6, 6.07) is 18.4. The molecule has 43 heavy (non-hydrogen) atoms. The number of ether oxygens (including phenoxy) is 1. The van der Waals surface area contributed by atoms with Gasteiger partial charge >= 0.3 is 0 Å². The van der Waals surface area contributed by atoms with Crippen molar-refractivity contribution in [3.8, 4) is 11.4 Å². The van der Waals surface area contributed by atoms with E-state index < -0.39 is 11.6 Å². The van der Waals surface area contributed by atoms with Gasteiger partial charge in [-0.05, 0) is 110 Å². The number of aromatic nitrogens is 3. The average Bonchev–Trinajstić information content (AvgIpc) is 3.60. The van der Waals surface area contributed by atoms with E-state index in [4.69, 9.17) is 4.74 Å². The predicted molar refractivity (Wildman–Crippen MR) is 160 cm³/mol. The molecule has 0 bridgehead atoms. The molecule has 4 aromatic rings. The van der Waals surface area contributed by atoms with Crippen LogP contribution in [0.4, 0.5) is 8.78 Å². The Morgan fingerprint density at radius 1 is 1.00 bits per heavy atom. The third-order valence-electron chi connectivity index (χ3n) is 10.4. The first-order valence-electron chi connectivity index (χ1n) is 15.6. The SMILES string of the molecule is C[C@]12CC[C@@H]3c4cc(CCCc5cn(-c6ccc(F)cc6F)nn5)c(OCc5ccccc5)cc4CC[C@H]3[C@@H]1CCC2=O. The van der Waals surface area contributed by atoms with Gasteiger partial charge in [0.25, 0.3) is 0 Å². The minimum atomic E-state index is -0.672. The number of rotatable bonds is 8. The Hall–Kier alpha value is -3.87. The van der Waals surface area contributed by atoms with Crippen LogP contribution in [0.1, 0.15) is 79.3 Å². The highest BCUT2D eigenvalue weighted by Gasteiger charge is 2.54. The fraction of sp³-hybridized carbons (Fsp3) is 0.417. The molecule has 0 unspecified atom stereocenters. The number of carbonyl (C=O) groups is 1. The maximum atomic E-state index is 14.3. The molecule has 0 aliphatic heterocycles. The van der Waals surface area contributed by atoms with Crippen molar-refractivity contribution in [1.82, 2.24) is 15.0 Å². The predicted octanol–water partition coefficient (Wildman–Crippen LogP) is 7.73. The summed E-state index contributed by atoms with van der Waals surface area (Å²) >= 11 is 0. The molecule has 0 saturated heterocycles. The van der Waals surface area contributed by atoms with Crippen LogP contribution < -0.4 is 4.74 Å². The molecule has 1 heterocycles. The van der Waals surface area contributed by atoms with Gasteiger partial charge in [0.2, 0.25) is 0 Å².